The van der Waals surface area contributed by atoms with Gasteiger partial charge >= 0.3 is 0 Å². The maximum atomic E-state index is 12.2. The molecule has 0 spiro atoms. The predicted molar refractivity (Wildman–Crippen MR) is 129 cm³/mol. The number of H-pyrrole nitrogens is 1. The first-order valence-electron chi connectivity index (χ1n) is 10.5. The molecule has 0 saturated heterocycles. The van der Waals surface area contributed by atoms with Crippen molar-refractivity contribution in [3.05, 3.63) is 99.3 Å². The van der Waals surface area contributed by atoms with Gasteiger partial charge in [-0.2, -0.15) is 0 Å². The average molecular weight is 438 g/mol. The zero-order chi connectivity index (χ0) is 23.1. The van der Waals surface area contributed by atoms with Gasteiger partial charge in [-0.3, -0.25) is 9.59 Å². The van der Waals surface area contributed by atoms with E-state index in [1.165, 1.54) is 10.6 Å². The molecule has 0 saturated carbocycles. The fraction of sp³-hybridized carbons (Fsp3) is 0.115. The van der Waals surface area contributed by atoms with Gasteiger partial charge in [-0.25, -0.2) is 4.98 Å². The van der Waals surface area contributed by atoms with Gasteiger partial charge in [0.05, 0.1) is 5.52 Å². The lowest BCUT2D eigenvalue weighted by Gasteiger charge is -2.13. The Labute approximate surface area is 189 Å². The molecule has 1 N–H and O–H groups in total. The highest BCUT2D eigenvalue weighted by Crippen LogP contribution is 2.39. The van der Waals surface area contributed by atoms with E-state index < -0.39 is 0 Å². The number of nitrogens with zero attached hydrogens (tertiary/aromatic N) is 3. The zero-order valence-electron chi connectivity index (χ0n) is 18.5. The number of para-hydroxylation sites is 1. The van der Waals surface area contributed by atoms with Crippen LogP contribution in [0.1, 0.15) is 5.56 Å². The summed E-state index contributed by atoms with van der Waals surface area (Å²) >= 11 is 0. The van der Waals surface area contributed by atoms with Gasteiger partial charge in [-0.1, -0.05) is 18.2 Å². The number of aryl methyl sites for hydroxylation is 3. The van der Waals surface area contributed by atoms with Gasteiger partial charge in [-0.05, 0) is 43.3 Å². The van der Waals surface area contributed by atoms with E-state index in [0.29, 0.717) is 28.4 Å². The van der Waals surface area contributed by atoms with E-state index in [2.05, 4.69) is 4.98 Å². The van der Waals surface area contributed by atoms with Crippen molar-refractivity contribution in [1.29, 1.82) is 0 Å². The Morgan fingerprint density at radius 2 is 1.64 bits per heavy atom. The topological polar surface area (TPSA) is 81.9 Å². The molecule has 2 aromatic carbocycles. The molecule has 7 nitrogen and oxygen atoms in total. The number of ether oxygens (including phenoxy) is 1. The molecule has 164 valence electrons. The number of hydrogen-bond acceptors (Lipinski definition) is 4. The number of fused-ring (bicyclic) bond motifs is 1. The molecule has 0 aliphatic heterocycles. The molecule has 0 amide bonds. The van der Waals surface area contributed by atoms with Gasteiger partial charge in [0, 0.05) is 54.8 Å². The number of rotatable bonds is 4. The molecule has 0 atom stereocenters. The van der Waals surface area contributed by atoms with E-state index in [1.807, 2.05) is 48.5 Å². The van der Waals surface area contributed by atoms with Crippen molar-refractivity contribution in [2.24, 2.45) is 14.1 Å². The lowest BCUT2D eigenvalue weighted by atomic mass is 10.0. The van der Waals surface area contributed by atoms with Crippen LogP contribution >= 0.6 is 0 Å². The first kappa shape index (κ1) is 20.5. The number of imidazole rings is 1. The lowest BCUT2D eigenvalue weighted by molar-refractivity contribution is 0.489. The molecule has 5 rings (SSSR count). The summed E-state index contributed by atoms with van der Waals surface area (Å²) in [6.07, 6.45) is 3.55. The molecular formula is C26H22N4O3. The predicted octanol–water partition coefficient (Wildman–Crippen LogP) is 4.40. The Hall–Kier alpha value is -4.39. The van der Waals surface area contributed by atoms with Gasteiger partial charge in [0.2, 0.25) is 5.56 Å². The molecule has 0 bridgehead atoms. The van der Waals surface area contributed by atoms with Crippen molar-refractivity contribution >= 4 is 11.0 Å². The van der Waals surface area contributed by atoms with Gasteiger partial charge in [0.15, 0.2) is 5.75 Å². The van der Waals surface area contributed by atoms with Crippen LogP contribution in [0.25, 0.3) is 33.5 Å². The minimum absolute atomic E-state index is 0.0397. The van der Waals surface area contributed by atoms with E-state index in [0.717, 1.165) is 22.2 Å². The van der Waals surface area contributed by atoms with E-state index in [-0.39, 0.29) is 11.1 Å². The summed E-state index contributed by atoms with van der Waals surface area (Å²) in [6, 6.07) is 18.5. The Morgan fingerprint density at radius 1 is 0.879 bits per heavy atom. The first-order chi connectivity index (χ1) is 15.9. The monoisotopic (exact) mass is 438 g/mol. The number of benzene rings is 2. The highest BCUT2D eigenvalue weighted by molar-refractivity contribution is 5.92. The number of nitrogens with one attached hydrogen (secondary N) is 1. The lowest BCUT2D eigenvalue weighted by Crippen LogP contribution is -2.18. The van der Waals surface area contributed by atoms with Gasteiger partial charge in [0.25, 0.3) is 5.56 Å². The third-order valence-electron chi connectivity index (χ3n) is 5.60. The maximum Gasteiger partial charge on any atom is 0.253 e. The molecule has 3 aromatic heterocycles. The van der Waals surface area contributed by atoms with Crippen molar-refractivity contribution in [2.75, 3.05) is 0 Å². The molecule has 0 radical (unpaired) electrons. The Balaban J connectivity index is 1.74. The quantitative estimate of drug-likeness (QED) is 0.451. The second-order valence-corrected chi connectivity index (χ2v) is 8.03. The fourth-order valence-electron chi connectivity index (χ4n) is 3.88. The van der Waals surface area contributed by atoms with Crippen LogP contribution < -0.4 is 15.9 Å². The van der Waals surface area contributed by atoms with Gasteiger partial charge in [-0.15, -0.1) is 0 Å². The summed E-state index contributed by atoms with van der Waals surface area (Å²) in [5.74, 6) is 1.90. The minimum atomic E-state index is -0.0877. The number of aromatic amines is 1. The standard InChI is InChI=1S/C26H22N4O3/c1-16-13-18(15-30(3)26(16)32)20-10-11-21-23(24(20)33-19-7-5-4-6-8-19)28-25(27-21)17-9-12-22(31)29(2)14-17/h4-15H,1-3H3,(H,27,28). The summed E-state index contributed by atoms with van der Waals surface area (Å²) < 4.78 is 9.44. The molecule has 3 heterocycles. The van der Waals surface area contributed by atoms with Crippen molar-refractivity contribution in [3.63, 3.8) is 0 Å². The second-order valence-electron chi connectivity index (χ2n) is 8.03. The minimum Gasteiger partial charge on any atom is -0.454 e. The Kier molecular flexibility index (Phi) is 4.94. The average Bonchev–Trinajstić information content (AvgIpc) is 3.25. The summed E-state index contributed by atoms with van der Waals surface area (Å²) in [6.45, 7) is 1.80. The van der Waals surface area contributed by atoms with Crippen molar-refractivity contribution in [1.82, 2.24) is 19.1 Å². The molecule has 0 aliphatic carbocycles. The SMILES string of the molecule is Cc1cc(-c2ccc3[nH]c(-c4ccc(=O)n(C)c4)nc3c2Oc2ccccc2)cn(C)c1=O. The molecule has 7 heteroatoms. The summed E-state index contributed by atoms with van der Waals surface area (Å²) in [5, 5.41) is 0. The molecule has 5 aromatic rings. The molecule has 0 aliphatic rings. The molecule has 0 fully saturated rings. The van der Waals surface area contributed by atoms with Crippen LogP contribution in [0.3, 0.4) is 0 Å². The normalized spacial score (nSPS) is 11.1. The Bertz CT molecular complexity index is 1580. The largest absolute Gasteiger partial charge is 0.454 e. The maximum absolute atomic E-state index is 12.2. The second kappa shape index (κ2) is 7.94. The fourth-order valence-corrected chi connectivity index (χ4v) is 3.88. The highest BCUT2D eigenvalue weighted by Gasteiger charge is 2.18. The Morgan fingerprint density at radius 3 is 2.36 bits per heavy atom. The molecular weight excluding hydrogens is 416 g/mol. The third kappa shape index (κ3) is 3.74. The highest BCUT2D eigenvalue weighted by atomic mass is 16.5. The van der Waals surface area contributed by atoms with E-state index in [9.17, 15) is 9.59 Å². The van der Waals surface area contributed by atoms with E-state index in [4.69, 9.17) is 9.72 Å². The van der Waals surface area contributed by atoms with Gasteiger partial charge < -0.3 is 18.9 Å². The number of aromatic nitrogens is 4. The van der Waals surface area contributed by atoms with Crippen LogP contribution in [0, 0.1) is 6.92 Å². The smallest absolute Gasteiger partial charge is 0.253 e. The summed E-state index contributed by atoms with van der Waals surface area (Å²) in [7, 11) is 3.44. The number of pyridine rings is 2. The van der Waals surface area contributed by atoms with Crippen molar-refractivity contribution in [2.45, 2.75) is 6.92 Å². The first-order valence-corrected chi connectivity index (χ1v) is 10.5. The van der Waals surface area contributed by atoms with E-state index in [1.54, 1.807) is 44.0 Å². The van der Waals surface area contributed by atoms with Crippen LogP contribution in [0.15, 0.2) is 82.6 Å². The van der Waals surface area contributed by atoms with Gasteiger partial charge in [0.1, 0.15) is 17.1 Å². The summed E-state index contributed by atoms with van der Waals surface area (Å²) in [5.41, 5.74) is 4.45. The van der Waals surface area contributed by atoms with Crippen LogP contribution in [0.5, 0.6) is 11.5 Å². The van der Waals surface area contributed by atoms with Crippen LogP contribution in [0.4, 0.5) is 0 Å². The van der Waals surface area contributed by atoms with Crippen LogP contribution in [-0.4, -0.2) is 19.1 Å². The summed E-state index contributed by atoms with van der Waals surface area (Å²) in [4.78, 5) is 32.2. The van der Waals surface area contributed by atoms with Crippen LogP contribution in [0.2, 0.25) is 0 Å². The number of hydrogen-bond donors (Lipinski definition) is 1. The molecule has 0 unspecified atom stereocenters. The van der Waals surface area contributed by atoms with Crippen LogP contribution in [-0.2, 0) is 14.1 Å². The third-order valence-corrected chi connectivity index (χ3v) is 5.60. The van der Waals surface area contributed by atoms with E-state index >= 15 is 0 Å². The van der Waals surface area contributed by atoms with Crippen molar-refractivity contribution in [3.8, 4) is 34.0 Å². The zero-order valence-corrected chi connectivity index (χ0v) is 18.5. The van der Waals surface area contributed by atoms with Crippen molar-refractivity contribution < 1.29 is 4.74 Å². The molecule has 33 heavy (non-hydrogen) atoms.